The number of aromatic nitrogens is 2. The SMILES string of the molecule is COc1ccc2c(c1)c(CC(=O)O)c(Cl)n2Cc1cccc(OC(F)(F)F)c1.Cc1c(Cc2cccc(OC(F)(F)F)c2)c2ccccn2c1CC(=O)O. The molecule has 0 aliphatic carbocycles. The molecule has 54 heavy (non-hydrogen) atoms. The zero-order chi connectivity index (χ0) is 39.4. The van der Waals surface area contributed by atoms with Crippen LogP contribution in [0.15, 0.2) is 91.1 Å². The average molecular weight is 777 g/mol. The first-order valence-corrected chi connectivity index (χ1v) is 16.3. The van der Waals surface area contributed by atoms with Crippen LogP contribution in [0.3, 0.4) is 0 Å². The number of halogens is 7. The predicted octanol–water partition coefficient (Wildman–Crippen LogP) is 9.24. The third-order valence-corrected chi connectivity index (χ3v) is 8.72. The van der Waals surface area contributed by atoms with Crippen LogP contribution in [0.4, 0.5) is 26.3 Å². The summed E-state index contributed by atoms with van der Waals surface area (Å²) in [6.07, 6.45) is -7.81. The number of ether oxygens (including phenoxy) is 3. The van der Waals surface area contributed by atoms with Gasteiger partial charge in [0.15, 0.2) is 0 Å². The first-order chi connectivity index (χ1) is 25.4. The first-order valence-electron chi connectivity index (χ1n) is 16.0. The molecule has 0 radical (unpaired) electrons. The molecule has 3 aromatic heterocycles. The molecule has 0 fully saturated rings. The van der Waals surface area contributed by atoms with Crippen molar-refractivity contribution < 1.29 is 60.4 Å². The largest absolute Gasteiger partial charge is 0.573 e. The van der Waals surface area contributed by atoms with Gasteiger partial charge in [-0.15, -0.1) is 26.3 Å². The number of carboxylic acids is 2. The van der Waals surface area contributed by atoms with E-state index in [9.17, 15) is 41.0 Å². The number of carboxylic acid groups (broad SMARTS) is 2. The number of aliphatic carboxylic acids is 2. The summed E-state index contributed by atoms with van der Waals surface area (Å²) < 4.78 is 91.2. The van der Waals surface area contributed by atoms with Crippen LogP contribution in [0, 0.1) is 6.92 Å². The molecule has 3 heterocycles. The number of nitrogens with zero attached hydrogens (tertiary/aromatic N) is 2. The zero-order valence-corrected chi connectivity index (χ0v) is 29.2. The minimum absolute atomic E-state index is 0.131. The lowest BCUT2D eigenvalue weighted by atomic mass is 10.0. The predicted molar refractivity (Wildman–Crippen MR) is 186 cm³/mol. The maximum atomic E-state index is 12.5. The third-order valence-electron chi connectivity index (χ3n) is 8.28. The quantitative estimate of drug-likeness (QED) is 0.126. The fourth-order valence-electron chi connectivity index (χ4n) is 6.11. The van der Waals surface area contributed by atoms with Crippen molar-refractivity contribution in [1.29, 1.82) is 0 Å². The Morgan fingerprint density at radius 3 is 1.93 bits per heavy atom. The molecule has 9 nitrogen and oxygen atoms in total. The van der Waals surface area contributed by atoms with E-state index in [2.05, 4.69) is 9.47 Å². The van der Waals surface area contributed by atoms with Gasteiger partial charge in [-0.3, -0.25) is 9.59 Å². The van der Waals surface area contributed by atoms with Gasteiger partial charge >= 0.3 is 24.7 Å². The second-order valence-electron chi connectivity index (χ2n) is 12.0. The summed E-state index contributed by atoms with van der Waals surface area (Å²) in [5.41, 5.74) is 5.40. The Hall–Kier alpha value is -5.83. The Labute approximate surface area is 308 Å². The highest BCUT2D eigenvalue weighted by Gasteiger charge is 2.32. The number of methoxy groups -OCH3 is 1. The second kappa shape index (κ2) is 16.0. The van der Waals surface area contributed by atoms with E-state index in [1.54, 1.807) is 47.2 Å². The molecule has 0 saturated carbocycles. The summed E-state index contributed by atoms with van der Waals surface area (Å²) in [6, 6.07) is 22.0. The van der Waals surface area contributed by atoms with E-state index in [1.807, 2.05) is 23.5 Å². The number of alkyl halides is 6. The first kappa shape index (κ1) is 39.4. The molecule has 284 valence electrons. The molecule has 0 amide bonds. The fraction of sp³-hybridized carbons (Fsp3) is 0.211. The van der Waals surface area contributed by atoms with Gasteiger partial charge in [-0.1, -0.05) is 41.9 Å². The fourth-order valence-corrected chi connectivity index (χ4v) is 6.43. The minimum atomic E-state index is -4.79. The van der Waals surface area contributed by atoms with Crippen LogP contribution in [0.1, 0.15) is 33.5 Å². The summed E-state index contributed by atoms with van der Waals surface area (Å²) in [7, 11) is 1.49. The lowest BCUT2D eigenvalue weighted by molar-refractivity contribution is -0.275. The molecular weight excluding hydrogens is 746 g/mol. The maximum absolute atomic E-state index is 12.5. The molecule has 0 spiro atoms. The van der Waals surface area contributed by atoms with Crippen LogP contribution < -0.4 is 14.2 Å². The monoisotopic (exact) mass is 776 g/mol. The Balaban J connectivity index is 0.000000208. The van der Waals surface area contributed by atoms with Gasteiger partial charge in [-0.25, -0.2) is 0 Å². The summed E-state index contributed by atoms with van der Waals surface area (Å²) >= 11 is 6.44. The van der Waals surface area contributed by atoms with Crippen LogP contribution in [0.25, 0.3) is 16.4 Å². The number of carbonyl (C=O) groups is 2. The maximum Gasteiger partial charge on any atom is 0.573 e. The summed E-state index contributed by atoms with van der Waals surface area (Å²) in [4.78, 5) is 22.4. The molecule has 0 saturated heterocycles. The molecular formula is C38H31ClF6N2O7. The average Bonchev–Trinajstić information content (AvgIpc) is 3.48. The topological polar surface area (TPSA) is 112 Å². The van der Waals surface area contributed by atoms with Crippen molar-refractivity contribution in [3.63, 3.8) is 0 Å². The van der Waals surface area contributed by atoms with Crippen molar-refractivity contribution in [2.75, 3.05) is 7.11 Å². The molecule has 0 aliphatic rings. The van der Waals surface area contributed by atoms with E-state index in [0.29, 0.717) is 45.5 Å². The van der Waals surface area contributed by atoms with Crippen LogP contribution in [0.5, 0.6) is 17.2 Å². The molecule has 0 bridgehead atoms. The highest BCUT2D eigenvalue weighted by Crippen LogP contribution is 2.35. The molecule has 0 unspecified atom stereocenters. The number of hydrogen-bond acceptors (Lipinski definition) is 5. The van der Waals surface area contributed by atoms with Crippen LogP contribution in [0.2, 0.25) is 5.15 Å². The van der Waals surface area contributed by atoms with E-state index in [4.69, 9.17) is 21.4 Å². The number of fused-ring (bicyclic) bond motifs is 2. The second-order valence-corrected chi connectivity index (χ2v) is 12.3. The molecule has 6 aromatic rings. The highest BCUT2D eigenvalue weighted by atomic mass is 35.5. The van der Waals surface area contributed by atoms with E-state index in [0.717, 1.165) is 16.6 Å². The third kappa shape index (κ3) is 9.77. The van der Waals surface area contributed by atoms with Crippen molar-refractivity contribution in [2.45, 2.75) is 45.5 Å². The van der Waals surface area contributed by atoms with Gasteiger partial charge in [0.2, 0.25) is 0 Å². The van der Waals surface area contributed by atoms with E-state index >= 15 is 0 Å². The Bertz CT molecular complexity index is 2310. The minimum Gasteiger partial charge on any atom is -0.497 e. The number of rotatable bonds is 11. The normalized spacial score (nSPS) is 11.6. The van der Waals surface area contributed by atoms with Crippen LogP contribution >= 0.6 is 11.6 Å². The van der Waals surface area contributed by atoms with E-state index in [1.165, 1.54) is 43.5 Å². The summed E-state index contributed by atoms with van der Waals surface area (Å²) in [5, 5.41) is 19.2. The van der Waals surface area contributed by atoms with Crippen molar-refractivity contribution in [2.24, 2.45) is 0 Å². The molecule has 3 aromatic carbocycles. The van der Waals surface area contributed by atoms with Crippen LogP contribution in [-0.4, -0.2) is 51.0 Å². The van der Waals surface area contributed by atoms with Gasteiger partial charge < -0.3 is 33.4 Å². The lowest BCUT2D eigenvalue weighted by Crippen LogP contribution is -2.17. The Morgan fingerprint density at radius 2 is 1.33 bits per heavy atom. The van der Waals surface area contributed by atoms with Crippen molar-refractivity contribution in [3.8, 4) is 17.2 Å². The molecule has 6 rings (SSSR count). The van der Waals surface area contributed by atoms with Gasteiger partial charge in [0.05, 0.1) is 25.5 Å². The Morgan fingerprint density at radius 1 is 0.722 bits per heavy atom. The molecule has 0 aliphatic heterocycles. The van der Waals surface area contributed by atoms with Crippen molar-refractivity contribution >= 4 is 40.0 Å². The van der Waals surface area contributed by atoms with Crippen LogP contribution in [-0.2, 0) is 35.4 Å². The Kier molecular flexibility index (Phi) is 11.7. The molecule has 16 heteroatoms. The van der Waals surface area contributed by atoms with Crippen molar-refractivity contribution in [3.05, 3.63) is 130 Å². The van der Waals surface area contributed by atoms with E-state index in [-0.39, 0.29) is 36.0 Å². The van der Waals surface area contributed by atoms with Crippen molar-refractivity contribution in [1.82, 2.24) is 8.97 Å². The smallest absolute Gasteiger partial charge is 0.497 e. The van der Waals surface area contributed by atoms with Gasteiger partial charge in [-0.05, 0) is 90.2 Å². The molecule has 2 N–H and O–H groups in total. The van der Waals surface area contributed by atoms with Gasteiger partial charge in [0.25, 0.3) is 0 Å². The van der Waals surface area contributed by atoms with Gasteiger partial charge in [0.1, 0.15) is 22.4 Å². The van der Waals surface area contributed by atoms with Gasteiger partial charge in [0, 0.05) is 34.9 Å². The zero-order valence-electron chi connectivity index (χ0n) is 28.5. The standard InChI is InChI=1S/C19H15ClF3NO4.C19H16F3NO3/c1-27-12-5-6-16-14(8-12)15(9-17(25)26)18(20)24(16)10-11-3-2-4-13(7-11)28-19(21,22)23;1-12-15(10-13-5-4-6-14(9-13)26-19(20,21)22)16-7-2-3-8-23(16)17(12)11-18(24)25/h2-8H,9-10H2,1H3,(H,25,26);2-9H,10-11H2,1H3,(H,24,25). The molecule has 0 atom stereocenters. The number of benzene rings is 3. The summed E-state index contributed by atoms with van der Waals surface area (Å²) in [5.74, 6) is -2.08. The number of hydrogen-bond donors (Lipinski definition) is 2. The number of pyridine rings is 1. The lowest BCUT2D eigenvalue weighted by Gasteiger charge is -2.12. The van der Waals surface area contributed by atoms with Gasteiger partial charge in [-0.2, -0.15) is 0 Å². The summed E-state index contributed by atoms with van der Waals surface area (Å²) in [6.45, 7) is 1.97. The van der Waals surface area contributed by atoms with E-state index < -0.39 is 24.7 Å². The highest BCUT2D eigenvalue weighted by molar-refractivity contribution is 6.32.